The molecule has 4 rings (SSSR count). The van der Waals surface area contributed by atoms with Gasteiger partial charge in [-0.2, -0.15) is 9.67 Å². The summed E-state index contributed by atoms with van der Waals surface area (Å²) in [5, 5.41) is 12.2. The van der Waals surface area contributed by atoms with E-state index in [0.717, 1.165) is 10.0 Å². The van der Waals surface area contributed by atoms with Gasteiger partial charge in [0.25, 0.3) is 5.89 Å². The molecule has 0 aliphatic rings. The van der Waals surface area contributed by atoms with Crippen molar-refractivity contribution in [2.75, 3.05) is 12.8 Å². The summed E-state index contributed by atoms with van der Waals surface area (Å²) >= 11 is 3.39. The van der Waals surface area contributed by atoms with Gasteiger partial charge in [-0.15, -0.1) is 5.10 Å². The summed E-state index contributed by atoms with van der Waals surface area (Å²) in [6, 6.07) is 14.9. The van der Waals surface area contributed by atoms with E-state index < -0.39 is 0 Å². The minimum atomic E-state index is 0.203. The largest absolute Gasteiger partial charge is 0.497 e. The van der Waals surface area contributed by atoms with Crippen molar-refractivity contribution >= 4 is 21.7 Å². The van der Waals surface area contributed by atoms with Crippen LogP contribution in [0.5, 0.6) is 5.75 Å². The number of hydrogen-bond donors (Lipinski definition) is 1. The molecule has 2 heterocycles. The van der Waals surface area contributed by atoms with Crippen LogP contribution in [0.1, 0.15) is 0 Å². The molecule has 0 fully saturated rings. The first-order valence-corrected chi connectivity index (χ1v) is 8.40. The standard InChI is InChI=1S/C17H13BrN6O2/c1-25-13-4-2-3-12(9-13)24-15(19)14(21-23-24)17-20-16(22-26-17)10-5-7-11(18)8-6-10/h2-9H,19H2,1H3. The van der Waals surface area contributed by atoms with Gasteiger partial charge in [-0.25, -0.2) is 0 Å². The van der Waals surface area contributed by atoms with Crippen molar-refractivity contribution in [3.8, 4) is 34.4 Å². The van der Waals surface area contributed by atoms with Crippen molar-refractivity contribution in [2.24, 2.45) is 0 Å². The smallest absolute Gasteiger partial charge is 0.282 e. The lowest BCUT2D eigenvalue weighted by Crippen LogP contribution is -2.02. The Morgan fingerprint density at radius 1 is 1.15 bits per heavy atom. The van der Waals surface area contributed by atoms with Gasteiger partial charge in [0.1, 0.15) is 5.75 Å². The number of halogens is 1. The van der Waals surface area contributed by atoms with Gasteiger partial charge in [-0.1, -0.05) is 32.4 Å². The van der Waals surface area contributed by atoms with E-state index in [9.17, 15) is 0 Å². The molecule has 26 heavy (non-hydrogen) atoms. The molecule has 0 aliphatic heterocycles. The Morgan fingerprint density at radius 3 is 2.73 bits per heavy atom. The van der Waals surface area contributed by atoms with Crippen LogP contribution >= 0.6 is 15.9 Å². The lowest BCUT2D eigenvalue weighted by molar-refractivity contribution is 0.414. The fraction of sp³-hybridized carbons (Fsp3) is 0.0588. The van der Waals surface area contributed by atoms with Crippen LogP contribution in [0.2, 0.25) is 0 Å². The van der Waals surface area contributed by atoms with E-state index >= 15 is 0 Å². The number of nitrogen functional groups attached to an aromatic ring is 1. The highest BCUT2D eigenvalue weighted by Gasteiger charge is 2.20. The Morgan fingerprint density at radius 2 is 1.96 bits per heavy atom. The molecule has 0 aliphatic carbocycles. The number of aromatic nitrogens is 5. The molecule has 8 nitrogen and oxygen atoms in total. The Bertz CT molecular complexity index is 1060. The number of nitrogens with two attached hydrogens (primary N) is 1. The van der Waals surface area contributed by atoms with Crippen molar-refractivity contribution in [1.82, 2.24) is 25.1 Å². The molecule has 4 aromatic rings. The third-order valence-electron chi connectivity index (χ3n) is 3.73. The molecule has 9 heteroatoms. The maximum absolute atomic E-state index is 6.19. The van der Waals surface area contributed by atoms with Crippen LogP contribution < -0.4 is 10.5 Å². The van der Waals surface area contributed by atoms with Crippen molar-refractivity contribution < 1.29 is 9.26 Å². The summed E-state index contributed by atoms with van der Waals surface area (Å²) in [4.78, 5) is 4.37. The average molecular weight is 413 g/mol. The van der Waals surface area contributed by atoms with E-state index in [1.54, 1.807) is 13.2 Å². The maximum Gasteiger partial charge on any atom is 0.282 e. The summed E-state index contributed by atoms with van der Waals surface area (Å²) in [5.74, 6) is 1.64. The van der Waals surface area contributed by atoms with Gasteiger partial charge in [-0.3, -0.25) is 0 Å². The van der Waals surface area contributed by atoms with E-state index in [-0.39, 0.29) is 5.89 Å². The highest BCUT2D eigenvalue weighted by Crippen LogP contribution is 2.27. The molecule has 0 unspecified atom stereocenters. The number of hydrogen-bond acceptors (Lipinski definition) is 7. The highest BCUT2D eigenvalue weighted by molar-refractivity contribution is 9.10. The molecule has 2 aromatic heterocycles. The minimum absolute atomic E-state index is 0.203. The number of benzene rings is 2. The topological polar surface area (TPSA) is 105 Å². The zero-order valence-electron chi connectivity index (χ0n) is 13.6. The first-order chi connectivity index (χ1) is 12.7. The summed E-state index contributed by atoms with van der Waals surface area (Å²) in [7, 11) is 1.59. The first-order valence-electron chi connectivity index (χ1n) is 7.61. The Labute approximate surface area is 156 Å². The van der Waals surface area contributed by atoms with Gasteiger partial charge in [0, 0.05) is 16.1 Å². The van der Waals surface area contributed by atoms with E-state index in [4.69, 9.17) is 15.0 Å². The lowest BCUT2D eigenvalue weighted by Gasteiger charge is -2.05. The summed E-state index contributed by atoms with van der Waals surface area (Å²) in [6.45, 7) is 0. The summed E-state index contributed by atoms with van der Waals surface area (Å²) < 4.78 is 13.0. The Balaban J connectivity index is 1.69. The number of methoxy groups -OCH3 is 1. The van der Waals surface area contributed by atoms with Gasteiger partial charge < -0.3 is 15.0 Å². The Hall–Kier alpha value is -3.20. The molecule has 2 N–H and O–H groups in total. The molecule has 0 bridgehead atoms. The molecule has 0 radical (unpaired) electrons. The van der Waals surface area contributed by atoms with E-state index in [2.05, 4.69) is 36.4 Å². The first kappa shape index (κ1) is 16.3. The zero-order chi connectivity index (χ0) is 18.1. The van der Waals surface area contributed by atoms with Crippen LogP contribution in [-0.2, 0) is 0 Å². The monoisotopic (exact) mass is 412 g/mol. The molecule has 0 saturated carbocycles. The van der Waals surface area contributed by atoms with Crippen LogP contribution in [0.25, 0.3) is 28.7 Å². The molecule has 0 amide bonds. The van der Waals surface area contributed by atoms with Crippen molar-refractivity contribution in [3.05, 3.63) is 53.0 Å². The second-order valence-corrected chi connectivity index (χ2v) is 6.28. The van der Waals surface area contributed by atoms with Gasteiger partial charge in [-0.05, 0) is 36.4 Å². The Kier molecular flexibility index (Phi) is 4.13. The van der Waals surface area contributed by atoms with Gasteiger partial charge >= 0.3 is 0 Å². The lowest BCUT2D eigenvalue weighted by atomic mass is 10.2. The van der Waals surface area contributed by atoms with Crippen molar-refractivity contribution in [1.29, 1.82) is 0 Å². The van der Waals surface area contributed by atoms with Crippen LogP contribution in [0.15, 0.2) is 57.5 Å². The summed E-state index contributed by atoms with van der Waals surface area (Å²) in [5.41, 5.74) is 8.05. The predicted molar refractivity (Wildman–Crippen MR) is 98.8 cm³/mol. The molecule has 130 valence electrons. The fourth-order valence-corrected chi connectivity index (χ4v) is 2.67. The van der Waals surface area contributed by atoms with Crippen LogP contribution in [0.4, 0.5) is 5.82 Å². The van der Waals surface area contributed by atoms with Crippen molar-refractivity contribution in [2.45, 2.75) is 0 Å². The van der Waals surface area contributed by atoms with Gasteiger partial charge in [0.2, 0.25) is 5.82 Å². The normalized spacial score (nSPS) is 10.8. The zero-order valence-corrected chi connectivity index (χ0v) is 15.2. The second kappa shape index (κ2) is 6.60. The third kappa shape index (κ3) is 2.93. The molecule has 0 atom stereocenters. The molecule has 0 spiro atoms. The highest BCUT2D eigenvalue weighted by atomic mass is 79.9. The van der Waals surface area contributed by atoms with Gasteiger partial charge in [0.15, 0.2) is 11.5 Å². The van der Waals surface area contributed by atoms with Crippen LogP contribution in [-0.4, -0.2) is 32.2 Å². The van der Waals surface area contributed by atoms with Crippen LogP contribution in [0, 0.1) is 0 Å². The van der Waals surface area contributed by atoms with E-state index in [1.165, 1.54) is 4.68 Å². The predicted octanol–water partition coefficient (Wildman–Crippen LogP) is 3.34. The minimum Gasteiger partial charge on any atom is -0.497 e. The molecule has 0 saturated heterocycles. The molecule has 2 aromatic carbocycles. The second-order valence-electron chi connectivity index (χ2n) is 5.37. The SMILES string of the molecule is COc1cccc(-n2nnc(-c3nc(-c4ccc(Br)cc4)no3)c2N)c1. The number of rotatable bonds is 4. The van der Waals surface area contributed by atoms with E-state index in [1.807, 2.05) is 42.5 Å². The fourth-order valence-electron chi connectivity index (χ4n) is 2.41. The average Bonchev–Trinajstić information content (AvgIpc) is 3.29. The molecular formula is C17H13BrN6O2. The maximum atomic E-state index is 6.19. The third-order valence-corrected chi connectivity index (χ3v) is 4.26. The quantitative estimate of drug-likeness (QED) is 0.547. The number of ether oxygens (including phenoxy) is 1. The van der Waals surface area contributed by atoms with Crippen LogP contribution in [0.3, 0.4) is 0 Å². The van der Waals surface area contributed by atoms with Gasteiger partial charge in [0.05, 0.1) is 12.8 Å². The molecular weight excluding hydrogens is 400 g/mol. The van der Waals surface area contributed by atoms with E-state index in [0.29, 0.717) is 28.8 Å². The summed E-state index contributed by atoms with van der Waals surface area (Å²) in [6.07, 6.45) is 0. The number of anilines is 1. The van der Waals surface area contributed by atoms with Crippen molar-refractivity contribution in [3.63, 3.8) is 0 Å². The number of nitrogens with zero attached hydrogens (tertiary/aromatic N) is 5.